The van der Waals surface area contributed by atoms with Crippen molar-refractivity contribution in [1.29, 1.82) is 0 Å². The van der Waals surface area contributed by atoms with Crippen LogP contribution in [0.15, 0.2) is 41.3 Å². The molecule has 1 heterocycles. The minimum absolute atomic E-state index is 0.0238. The van der Waals surface area contributed by atoms with Gasteiger partial charge in [0.15, 0.2) is 0 Å². The maximum absolute atomic E-state index is 13.0. The number of amides is 1. The van der Waals surface area contributed by atoms with Gasteiger partial charge in [-0.2, -0.15) is 0 Å². The Kier molecular flexibility index (Phi) is 6.88. The third kappa shape index (κ3) is 4.84. The molecule has 0 spiro atoms. The zero-order chi connectivity index (χ0) is 22.8. The van der Waals surface area contributed by atoms with Gasteiger partial charge in [0.05, 0.1) is 29.1 Å². The fraction of sp³-hybridized carbons (Fsp3) is 0.333. The van der Waals surface area contributed by atoms with Crippen molar-refractivity contribution >= 4 is 44.9 Å². The van der Waals surface area contributed by atoms with Gasteiger partial charge in [0.2, 0.25) is 10.0 Å². The SMILES string of the molecule is COC(=O)c1ccc(N2CCCC2)c(NC(=O)c2ccc(Cl)c(S(=O)(=O)N(C)C)c2)c1. The van der Waals surface area contributed by atoms with Crippen LogP contribution in [0.25, 0.3) is 0 Å². The molecule has 0 aromatic heterocycles. The van der Waals surface area contributed by atoms with Crippen molar-refractivity contribution in [2.45, 2.75) is 17.7 Å². The van der Waals surface area contributed by atoms with Crippen molar-refractivity contribution in [3.05, 3.63) is 52.5 Å². The highest BCUT2D eigenvalue weighted by Gasteiger charge is 2.24. The Hall–Kier alpha value is -2.62. The van der Waals surface area contributed by atoms with E-state index in [4.69, 9.17) is 16.3 Å². The molecule has 0 atom stereocenters. The normalized spacial score (nSPS) is 14.0. The van der Waals surface area contributed by atoms with E-state index < -0.39 is 21.9 Å². The lowest BCUT2D eigenvalue weighted by atomic mass is 10.1. The number of carbonyl (C=O) groups excluding carboxylic acids is 2. The molecule has 2 aromatic carbocycles. The van der Waals surface area contributed by atoms with E-state index in [0.717, 1.165) is 35.9 Å². The van der Waals surface area contributed by atoms with Crippen LogP contribution >= 0.6 is 11.6 Å². The van der Waals surface area contributed by atoms with Gasteiger partial charge in [-0.3, -0.25) is 4.79 Å². The number of benzene rings is 2. The average Bonchev–Trinajstić information content (AvgIpc) is 3.27. The van der Waals surface area contributed by atoms with E-state index in [2.05, 4.69) is 10.2 Å². The van der Waals surface area contributed by atoms with Gasteiger partial charge in [-0.25, -0.2) is 17.5 Å². The first-order valence-electron chi connectivity index (χ1n) is 9.66. The van der Waals surface area contributed by atoms with Crippen LogP contribution < -0.4 is 10.2 Å². The van der Waals surface area contributed by atoms with Crippen molar-refractivity contribution in [3.8, 4) is 0 Å². The van der Waals surface area contributed by atoms with Gasteiger partial charge in [-0.05, 0) is 49.2 Å². The summed E-state index contributed by atoms with van der Waals surface area (Å²) >= 11 is 6.08. The smallest absolute Gasteiger partial charge is 0.337 e. The molecular formula is C21H24ClN3O5S. The van der Waals surface area contributed by atoms with Gasteiger partial charge < -0.3 is 15.0 Å². The predicted molar refractivity (Wildman–Crippen MR) is 120 cm³/mol. The van der Waals surface area contributed by atoms with E-state index in [1.54, 1.807) is 18.2 Å². The molecule has 31 heavy (non-hydrogen) atoms. The van der Waals surface area contributed by atoms with Gasteiger partial charge >= 0.3 is 5.97 Å². The number of nitrogens with zero attached hydrogens (tertiary/aromatic N) is 2. The van der Waals surface area contributed by atoms with Crippen LogP contribution in [0.4, 0.5) is 11.4 Å². The molecule has 2 aromatic rings. The van der Waals surface area contributed by atoms with E-state index in [0.29, 0.717) is 11.3 Å². The van der Waals surface area contributed by atoms with E-state index in [1.807, 2.05) is 0 Å². The molecule has 8 nitrogen and oxygen atoms in total. The third-order valence-electron chi connectivity index (χ3n) is 5.06. The van der Waals surface area contributed by atoms with Gasteiger partial charge in [-0.15, -0.1) is 0 Å². The Balaban J connectivity index is 1.98. The molecule has 1 fully saturated rings. The molecule has 10 heteroatoms. The highest BCUT2D eigenvalue weighted by molar-refractivity contribution is 7.89. The number of hydrogen-bond acceptors (Lipinski definition) is 6. The Labute approximate surface area is 186 Å². The number of rotatable bonds is 6. The summed E-state index contributed by atoms with van der Waals surface area (Å²) in [5.74, 6) is -1.04. The minimum Gasteiger partial charge on any atom is -0.465 e. The monoisotopic (exact) mass is 465 g/mol. The molecule has 3 rings (SSSR count). The average molecular weight is 466 g/mol. The number of ether oxygens (including phenoxy) is 1. The summed E-state index contributed by atoms with van der Waals surface area (Å²) in [6.45, 7) is 1.68. The summed E-state index contributed by atoms with van der Waals surface area (Å²) in [4.78, 5) is 26.9. The molecule has 0 radical (unpaired) electrons. The maximum atomic E-state index is 13.0. The second-order valence-electron chi connectivity index (χ2n) is 7.30. The van der Waals surface area contributed by atoms with Crippen molar-refractivity contribution in [2.24, 2.45) is 0 Å². The Morgan fingerprint density at radius 2 is 1.71 bits per heavy atom. The molecule has 1 amide bonds. The zero-order valence-electron chi connectivity index (χ0n) is 17.5. The molecular weight excluding hydrogens is 442 g/mol. The first-order chi connectivity index (χ1) is 14.6. The molecule has 0 bridgehead atoms. The second kappa shape index (κ2) is 9.25. The Morgan fingerprint density at radius 1 is 1.06 bits per heavy atom. The van der Waals surface area contributed by atoms with Crippen molar-refractivity contribution in [2.75, 3.05) is 44.5 Å². The highest BCUT2D eigenvalue weighted by Crippen LogP contribution is 2.31. The first-order valence-corrected chi connectivity index (χ1v) is 11.5. The van der Waals surface area contributed by atoms with Crippen molar-refractivity contribution in [3.63, 3.8) is 0 Å². The van der Waals surface area contributed by atoms with Crippen LogP contribution in [-0.2, 0) is 14.8 Å². The van der Waals surface area contributed by atoms with Crippen LogP contribution in [0.3, 0.4) is 0 Å². The number of sulfonamides is 1. The first kappa shape index (κ1) is 23.1. The number of esters is 1. The molecule has 0 unspecified atom stereocenters. The summed E-state index contributed by atoms with van der Waals surface area (Å²) in [6, 6.07) is 9.05. The topological polar surface area (TPSA) is 96.0 Å². The molecule has 1 saturated heterocycles. The standard InChI is InChI=1S/C21H24ClN3O5S/c1-24(2)31(28,29)19-13-14(6-8-16(19)22)20(26)23-17-12-15(21(27)30-3)7-9-18(17)25-10-4-5-11-25/h6-9,12-13H,4-5,10-11H2,1-3H3,(H,23,26). The van der Waals surface area contributed by atoms with E-state index in [9.17, 15) is 18.0 Å². The fourth-order valence-corrected chi connectivity index (χ4v) is 4.74. The van der Waals surface area contributed by atoms with Crippen LogP contribution in [0.1, 0.15) is 33.6 Å². The summed E-state index contributed by atoms with van der Waals surface area (Å²) in [5, 5.41) is 2.83. The Morgan fingerprint density at radius 3 is 2.32 bits per heavy atom. The van der Waals surface area contributed by atoms with Gasteiger partial charge in [0, 0.05) is 32.7 Å². The summed E-state index contributed by atoms with van der Waals surface area (Å²) in [5.41, 5.74) is 1.66. The largest absolute Gasteiger partial charge is 0.465 e. The van der Waals surface area contributed by atoms with E-state index in [1.165, 1.54) is 39.4 Å². The molecule has 1 N–H and O–H groups in total. The number of anilines is 2. The molecule has 0 saturated carbocycles. The van der Waals surface area contributed by atoms with Crippen LogP contribution in [0.2, 0.25) is 5.02 Å². The fourth-order valence-electron chi connectivity index (χ4n) is 3.35. The van der Waals surface area contributed by atoms with Crippen molar-refractivity contribution in [1.82, 2.24) is 4.31 Å². The van der Waals surface area contributed by atoms with Crippen LogP contribution in [0, 0.1) is 0 Å². The lowest BCUT2D eigenvalue weighted by Gasteiger charge is -2.22. The second-order valence-corrected chi connectivity index (χ2v) is 9.83. The number of nitrogens with one attached hydrogen (secondary N) is 1. The lowest BCUT2D eigenvalue weighted by molar-refractivity contribution is 0.0600. The van der Waals surface area contributed by atoms with Crippen LogP contribution in [-0.4, -0.2) is 58.9 Å². The lowest BCUT2D eigenvalue weighted by Crippen LogP contribution is -2.24. The van der Waals surface area contributed by atoms with E-state index in [-0.39, 0.29) is 15.5 Å². The maximum Gasteiger partial charge on any atom is 0.337 e. The molecule has 166 valence electrons. The highest BCUT2D eigenvalue weighted by atomic mass is 35.5. The predicted octanol–water partition coefficient (Wildman–Crippen LogP) is 3.23. The molecule has 1 aliphatic rings. The van der Waals surface area contributed by atoms with Crippen LogP contribution in [0.5, 0.6) is 0 Å². The summed E-state index contributed by atoms with van der Waals surface area (Å²) in [6.07, 6.45) is 2.07. The third-order valence-corrected chi connectivity index (χ3v) is 7.36. The molecule has 0 aliphatic carbocycles. The van der Waals surface area contributed by atoms with E-state index >= 15 is 0 Å². The summed E-state index contributed by atoms with van der Waals surface area (Å²) < 4.78 is 30.8. The minimum atomic E-state index is -3.83. The van der Waals surface area contributed by atoms with Gasteiger partial charge in [0.25, 0.3) is 5.91 Å². The number of hydrogen-bond donors (Lipinski definition) is 1. The number of halogens is 1. The zero-order valence-corrected chi connectivity index (χ0v) is 19.1. The molecule has 1 aliphatic heterocycles. The summed E-state index contributed by atoms with van der Waals surface area (Å²) in [7, 11) is 0.236. The number of carbonyl (C=O) groups is 2. The van der Waals surface area contributed by atoms with Gasteiger partial charge in [-0.1, -0.05) is 11.6 Å². The van der Waals surface area contributed by atoms with Gasteiger partial charge in [0.1, 0.15) is 4.90 Å². The Bertz CT molecular complexity index is 1110. The number of methoxy groups -OCH3 is 1. The quantitative estimate of drug-likeness (QED) is 0.658. The van der Waals surface area contributed by atoms with Crippen molar-refractivity contribution < 1.29 is 22.7 Å².